The first kappa shape index (κ1) is 14.7. The summed E-state index contributed by atoms with van der Waals surface area (Å²) < 4.78 is 29.9. The molecule has 1 N–H and O–H groups in total. The molecule has 0 saturated carbocycles. The third kappa shape index (κ3) is 3.50. The number of halogens is 1. The molecule has 4 nitrogen and oxygen atoms in total. The zero-order chi connectivity index (χ0) is 15.6. The Bertz CT molecular complexity index is 903. The second kappa shape index (κ2) is 5.87. The standard InChI is InChI=1S/C16H12ClNO3S/c17-22(19,20)18-13-8-10-14(11-9-13)21-16-7-3-5-12-4-1-2-6-15(12)16/h1-11,18H. The molecule has 3 aromatic rings. The SMILES string of the molecule is O=S(=O)(Cl)Nc1ccc(Oc2cccc3ccccc23)cc1. The van der Waals surface area contributed by atoms with E-state index in [1.54, 1.807) is 24.3 Å². The first-order valence-electron chi connectivity index (χ1n) is 6.49. The van der Waals surface area contributed by atoms with Crippen molar-refractivity contribution in [3.63, 3.8) is 0 Å². The van der Waals surface area contributed by atoms with Gasteiger partial charge in [0.2, 0.25) is 0 Å². The number of ether oxygens (including phenoxy) is 1. The number of rotatable bonds is 4. The molecule has 0 aliphatic rings. The van der Waals surface area contributed by atoms with Gasteiger partial charge < -0.3 is 4.74 Å². The van der Waals surface area contributed by atoms with E-state index < -0.39 is 9.24 Å². The molecule has 0 aliphatic carbocycles. The fourth-order valence-corrected chi connectivity index (χ4v) is 2.83. The van der Waals surface area contributed by atoms with E-state index in [9.17, 15) is 8.42 Å². The Morgan fingerprint density at radius 3 is 2.27 bits per heavy atom. The van der Waals surface area contributed by atoms with Crippen molar-refractivity contribution < 1.29 is 13.2 Å². The number of hydrogen-bond acceptors (Lipinski definition) is 3. The Hall–Kier alpha value is -2.24. The van der Waals surface area contributed by atoms with E-state index >= 15 is 0 Å². The summed E-state index contributed by atoms with van der Waals surface area (Å²) in [5.41, 5.74) is 0.375. The molecule has 0 heterocycles. The molecule has 0 aromatic heterocycles. The summed E-state index contributed by atoms with van der Waals surface area (Å²) in [6.45, 7) is 0. The third-order valence-electron chi connectivity index (χ3n) is 3.07. The smallest absolute Gasteiger partial charge is 0.319 e. The number of hydrogen-bond donors (Lipinski definition) is 1. The van der Waals surface area contributed by atoms with Crippen molar-refractivity contribution in [3.05, 3.63) is 66.7 Å². The van der Waals surface area contributed by atoms with Crippen LogP contribution in [0.5, 0.6) is 11.5 Å². The zero-order valence-electron chi connectivity index (χ0n) is 11.4. The summed E-state index contributed by atoms with van der Waals surface area (Å²) in [6.07, 6.45) is 0. The maximum absolute atomic E-state index is 10.9. The van der Waals surface area contributed by atoms with Crippen molar-refractivity contribution in [2.45, 2.75) is 0 Å². The van der Waals surface area contributed by atoms with Crippen LogP contribution in [0.4, 0.5) is 5.69 Å². The average molecular weight is 334 g/mol. The first-order chi connectivity index (χ1) is 10.5. The quantitative estimate of drug-likeness (QED) is 0.714. The Morgan fingerprint density at radius 2 is 1.55 bits per heavy atom. The van der Waals surface area contributed by atoms with Crippen LogP contribution in [0, 0.1) is 0 Å². The van der Waals surface area contributed by atoms with Gasteiger partial charge in [0.25, 0.3) is 0 Å². The third-order valence-corrected chi connectivity index (χ3v) is 3.78. The van der Waals surface area contributed by atoms with E-state index in [0.717, 1.165) is 16.5 Å². The van der Waals surface area contributed by atoms with Gasteiger partial charge in [0.1, 0.15) is 11.5 Å². The Balaban J connectivity index is 1.86. The van der Waals surface area contributed by atoms with E-state index in [1.807, 2.05) is 42.5 Å². The summed E-state index contributed by atoms with van der Waals surface area (Å²) in [5, 5.41) is 2.10. The molecule has 0 atom stereocenters. The van der Waals surface area contributed by atoms with E-state index in [4.69, 9.17) is 15.4 Å². The van der Waals surface area contributed by atoms with Crippen molar-refractivity contribution in [2.75, 3.05) is 4.72 Å². The fourth-order valence-electron chi connectivity index (χ4n) is 2.14. The van der Waals surface area contributed by atoms with Crippen molar-refractivity contribution in [3.8, 4) is 11.5 Å². The van der Waals surface area contributed by atoms with E-state index in [0.29, 0.717) is 11.4 Å². The lowest BCUT2D eigenvalue weighted by Crippen LogP contribution is -2.03. The van der Waals surface area contributed by atoms with E-state index in [1.165, 1.54) is 0 Å². The molecule has 0 aliphatic heterocycles. The molecule has 0 spiro atoms. The van der Waals surface area contributed by atoms with Crippen molar-refractivity contribution in [1.29, 1.82) is 0 Å². The van der Waals surface area contributed by atoms with Crippen LogP contribution in [0.2, 0.25) is 0 Å². The molecule has 112 valence electrons. The van der Waals surface area contributed by atoms with Gasteiger partial charge in [-0.2, -0.15) is 8.42 Å². The lowest BCUT2D eigenvalue weighted by atomic mass is 10.1. The van der Waals surface area contributed by atoms with Gasteiger partial charge in [0.05, 0.1) is 0 Å². The van der Waals surface area contributed by atoms with Gasteiger partial charge in [-0.3, -0.25) is 4.72 Å². The summed E-state index contributed by atoms with van der Waals surface area (Å²) in [4.78, 5) is 0. The topological polar surface area (TPSA) is 55.4 Å². The van der Waals surface area contributed by atoms with Crippen LogP contribution in [-0.2, 0) is 9.24 Å². The van der Waals surface area contributed by atoms with Gasteiger partial charge in [-0.15, -0.1) is 0 Å². The molecular weight excluding hydrogens is 322 g/mol. The van der Waals surface area contributed by atoms with Gasteiger partial charge in [-0.05, 0) is 35.7 Å². The van der Waals surface area contributed by atoms with Gasteiger partial charge in [-0.1, -0.05) is 36.4 Å². The molecule has 0 bridgehead atoms. The molecule has 3 aromatic carbocycles. The molecule has 0 saturated heterocycles. The summed E-state index contributed by atoms with van der Waals surface area (Å²) in [5.74, 6) is 1.35. The van der Waals surface area contributed by atoms with E-state index in [-0.39, 0.29) is 0 Å². The minimum Gasteiger partial charge on any atom is -0.457 e. The van der Waals surface area contributed by atoms with Crippen LogP contribution in [0.1, 0.15) is 0 Å². The van der Waals surface area contributed by atoms with Gasteiger partial charge in [0, 0.05) is 21.8 Å². The molecular formula is C16H12ClNO3S. The van der Waals surface area contributed by atoms with E-state index in [2.05, 4.69) is 4.72 Å². The Labute approximate surface area is 132 Å². The van der Waals surface area contributed by atoms with Crippen LogP contribution in [0.25, 0.3) is 10.8 Å². The lowest BCUT2D eigenvalue weighted by Gasteiger charge is -2.09. The second-order valence-corrected chi connectivity index (χ2v) is 6.94. The summed E-state index contributed by atoms with van der Waals surface area (Å²) in [7, 11) is 1.34. The normalized spacial score (nSPS) is 11.3. The van der Waals surface area contributed by atoms with Gasteiger partial charge >= 0.3 is 9.24 Å². The van der Waals surface area contributed by atoms with Crippen LogP contribution in [-0.4, -0.2) is 8.42 Å². The van der Waals surface area contributed by atoms with Crippen LogP contribution in [0.15, 0.2) is 66.7 Å². The van der Waals surface area contributed by atoms with Crippen LogP contribution >= 0.6 is 10.7 Å². The number of anilines is 1. The molecule has 0 unspecified atom stereocenters. The zero-order valence-corrected chi connectivity index (χ0v) is 12.9. The highest BCUT2D eigenvalue weighted by molar-refractivity contribution is 8.14. The van der Waals surface area contributed by atoms with Gasteiger partial charge in [0.15, 0.2) is 0 Å². The minimum absolute atomic E-state index is 0.375. The molecule has 3 rings (SSSR count). The highest BCUT2D eigenvalue weighted by Crippen LogP contribution is 2.30. The largest absolute Gasteiger partial charge is 0.457 e. The van der Waals surface area contributed by atoms with Crippen molar-refractivity contribution in [2.24, 2.45) is 0 Å². The number of benzene rings is 3. The number of fused-ring (bicyclic) bond motifs is 1. The van der Waals surface area contributed by atoms with Crippen molar-refractivity contribution in [1.82, 2.24) is 0 Å². The second-order valence-electron chi connectivity index (χ2n) is 4.64. The molecule has 0 radical (unpaired) electrons. The number of nitrogens with one attached hydrogen (secondary N) is 1. The maximum Gasteiger partial charge on any atom is 0.319 e. The predicted molar refractivity (Wildman–Crippen MR) is 88.9 cm³/mol. The van der Waals surface area contributed by atoms with Gasteiger partial charge in [-0.25, -0.2) is 0 Å². The molecule has 0 amide bonds. The highest BCUT2D eigenvalue weighted by atomic mass is 35.7. The monoisotopic (exact) mass is 333 g/mol. The minimum atomic E-state index is -3.80. The predicted octanol–water partition coefficient (Wildman–Crippen LogP) is 4.53. The van der Waals surface area contributed by atoms with Crippen molar-refractivity contribution >= 4 is 36.4 Å². The highest BCUT2D eigenvalue weighted by Gasteiger charge is 2.06. The summed E-state index contributed by atoms with van der Waals surface area (Å²) in [6, 6.07) is 20.3. The molecule has 0 fully saturated rings. The maximum atomic E-state index is 10.9. The molecule has 6 heteroatoms. The molecule has 22 heavy (non-hydrogen) atoms. The van der Waals surface area contributed by atoms with Crippen LogP contribution in [0.3, 0.4) is 0 Å². The fraction of sp³-hybridized carbons (Fsp3) is 0. The Kier molecular flexibility index (Phi) is 3.92. The average Bonchev–Trinajstić information content (AvgIpc) is 2.48. The first-order valence-corrected chi connectivity index (χ1v) is 8.80. The summed E-state index contributed by atoms with van der Waals surface area (Å²) >= 11 is 0. The Morgan fingerprint density at radius 1 is 0.864 bits per heavy atom. The lowest BCUT2D eigenvalue weighted by molar-refractivity contribution is 0.488. The van der Waals surface area contributed by atoms with Crippen LogP contribution < -0.4 is 9.46 Å².